The number of amides is 2. The van der Waals surface area contributed by atoms with E-state index < -0.39 is 17.3 Å². The molecule has 0 aromatic heterocycles. The first kappa shape index (κ1) is 15.5. The van der Waals surface area contributed by atoms with Crippen LogP contribution in [0.5, 0.6) is 0 Å². The smallest absolute Gasteiger partial charge is 0.249 e. The molecule has 1 heterocycles. The fourth-order valence-corrected chi connectivity index (χ4v) is 3.39. The molecule has 2 fully saturated rings. The molecule has 1 saturated heterocycles. The van der Waals surface area contributed by atoms with Gasteiger partial charge in [-0.05, 0) is 31.4 Å². The lowest BCUT2D eigenvalue weighted by atomic mass is 9.86. The number of nitriles is 1. The Balaban J connectivity index is 1.72. The average molecular weight is 315 g/mol. The van der Waals surface area contributed by atoms with Crippen molar-refractivity contribution in [2.24, 2.45) is 5.41 Å². The quantitative estimate of drug-likeness (QED) is 0.928. The van der Waals surface area contributed by atoms with Crippen molar-refractivity contribution in [1.29, 1.82) is 5.26 Å². The zero-order chi connectivity index (χ0) is 16.4. The van der Waals surface area contributed by atoms with Gasteiger partial charge >= 0.3 is 0 Å². The van der Waals surface area contributed by atoms with Gasteiger partial charge in [0.25, 0.3) is 0 Å². The Morgan fingerprint density at radius 2 is 2.04 bits per heavy atom. The van der Waals surface area contributed by atoms with Gasteiger partial charge in [-0.2, -0.15) is 5.26 Å². The SMILES string of the molecule is N#CC1(C(=O)NC2CCN(c3ccccc3F)C2=O)CCCC1. The number of carbonyl (C=O) groups is 2. The highest BCUT2D eigenvalue weighted by atomic mass is 19.1. The summed E-state index contributed by atoms with van der Waals surface area (Å²) < 4.78 is 13.8. The first-order valence-electron chi connectivity index (χ1n) is 7.85. The number of para-hydroxylation sites is 1. The van der Waals surface area contributed by atoms with E-state index in [0.717, 1.165) is 12.8 Å². The second kappa shape index (κ2) is 5.99. The highest BCUT2D eigenvalue weighted by Gasteiger charge is 2.44. The van der Waals surface area contributed by atoms with Gasteiger partial charge in [-0.1, -0.05) is 25.0 Å². The number of anilines is 1. The lowest BCUT2D eigenvalue weighted by Gasteiger charge is -2.22. The third-order valence-electron chi connectivity index (χ3n) is 4.76. The summed E-state index contributed by atoms with van der Waals surface area (Å²) in [5, 5.41) is 12.0. The summed E-state index contributed by atoms with van der Waals surface area (Å²) in [4.78, 5) is 26.2. The Bertz CT molecular complexity index is 677. The number of nitrogens with one attached hydrogen (secondary N) is 1. The molecule has 2 aliphatic rings. The number of hydrogen-bond acceptors (Lipinski definition) is 3. The molecule has 1 atom stereocenters. The van der Waals surface area contributed by atoms with E-state index >= 15 is 0 Å². The molecule has 3 rings (SSSR count). The van der Waals surface area contributed by atoms with Crippen molar-refractivity contribution in [3.05, 3.63) is 30.1 Å². The van der Waals surface area contributed by atoms with Crippen LogP contribution in [0.3, 0.4) is 0 Å². The molecular weight excluding hydrogens is 297 g/mol. The Morgan fingerprint density at radius 3 is 2.70 bits per heavy atom. The molecule has 1 saturated carbocycles. The Labute approximate surface area is 134 Å². The molecule has 0 radical (unpaired) electrons. The van der Waals surface area contributed by atoms with Gasteiger partial charge in [0.2, 0.25) is 11.8 Å². The molecule has 5 nitrogen and oxygen atoms in total. The van der Waals surface area contributed by atoms with Gasteiger partial charge in [-0.3, -0.25) is 9.59 Å². The van der Waals surface area contributed by atoms with Crippen molar-refractivity contribution in [3.8, 4) is 6.07 Å². The molecule has 1 unspecified atom stereocenters. The Morgan fingerprint density at radius 1 is 1.35 bits per heavy atom. The number of benzene rings is 1. The zero-order valence-corrected chi connectivity index (χ0v) is 12.7. The second-order valence-electron chi connectivity index (χ2n) is 6.16. The Kier molecular flexibility index (Phi) is 4.03. The van der Waals surface area contributed by atoms with Crippen LogP contribution in [0.4, 0.5) is 10.1 Å². The van der Waals surface area contributed by atoms with Gasteiger partial charge < -0.3 is 10.2 Å². The predicted octanol–water partition coefficient (Wildman–Crippen LogP) is 2.13. The Hall–Kier alpha value is -2.42. The molecule has 0 bridgehead atoms. The summed E-state index contributed by atoms with van der Waals surface area (Å²) >= 11 is 0. The minimum atomic E-state index is -1.01. The first-order valence-corrected chi connectivity index (χ1v) is 7.85. The number of rotatable bonds is 3. The maximum atomic E-state index is 13.8. The molecule has 2 amide bonds. The molecule has 6 heteroatoms. The van der Waals surface area contributed by atoms with Crippen LogP contribution in [0.15, 0.2) is 24.3 Å². The maximum Gasteiger partial charge on any atom is 0.249 e. The van der Waals surface area contributed by atoms with E-state index in [9.17, 15) is 19.2 Å². The number of hydrogen-bond donors (Lipinski definition) is 1. The molecule has 1 aliphatic heterocycles. The fourth-order valence-electron chi connectivity index (χ4n) is 3.39. The minimum absolute atomic E-state index is 0.227. The van der Waals surface area contributed by atoms with Gasteiger partial charge in [0.15, 0.2) is 0 Å². The van der Waals surface area contributed by atoms with Crippen molar-refractivity contribution in [2.45, 2.75) is 38.1 Å². The van der Waals surface area contributed by atoms with Crippen LogP contribution in [0, 0.1) is 22.6 Å². The van der Waals surface area contributed by atoms with E-state index in [1.807, 2.05) is 0 Å². The van der Waals surface area contributed by atoms with Gasteiger partial charge in [0, 0.05) is 6.54 Å². The van der Waals surface area contributed by atoms with Crippen LogP contribution in [0.25, 0.3) is 0 Å². The zero-order valence-electron chi connectivity index (χ0n) is 12.7. The van der Waals surface area contributed by atoms with E-state index in [-0.39, 0.29) is 17.5 Å². The highest BCUT2D eigenvalue weighted by Crippen LogP contribution is 2.38. The van der Waals surface area contributed by atoms with Crippen LogP contribution in [0.1, 0.15) is 32.1 Å². The van der Waals surface area contributed by atoms with Crippen molar-refractivity contribution < 1.29 is 14.0 Å². The minimum Gasteiger partial charge on any atom is -0.343 e. The summed E-state index contributed by atoms with van der Waals surface area (Å²) in [7, 11) is 0. The molecule has 120 valence electrons. The summed E-state index contributed by atoms with van der Waals surface area (Å²) in [6.45, 7) is 0.351. The monoisotopic (exact) mass is 315 g/mol. The highest BCUT2D eigenvalue weighted by molar-refractivity contribution is 6.02. The van der Waals surface area contributed by atoms with Crippen molar-refractivity contribution in [3.63, 3.8) is 0 Å². The summed E-state index contributed by atoms with van der Waals surface area (Å²) in [5.41, 5.74) is -0.781. The molecular formula is C17H18FN3O2. The van der Waals surface area contributed by atoms with Crippen LogP contribution in [-0.2, 0) is 9.59 Å². The van der Waals surface area contributed by atoms with E-state index in [1.54, 1.807) is 18.2 Å². The van der Waals surface area contributed by atoms with Gasteiger partial charge in [0.05, 0.1) is 11.8 Å². The predicted molar refractivity (Wildman–Crippen MR) is 81.8 cm³/mol. The molecule has 1 aromatic rings. The van der Waals surface area contributed by atoms with Crippen LogP contribution < -0.4 is 10.2 Å². The third-order valence-corrected chi connectivity index (χ3v) is 4.76. The molecule has 1 aromatic carbocycles. The largest absolute Gasteiger partial charge is 0.343 e. The van der Waals surface area contributed by atoms with Gasteiger partial charge in [-0.15, -0.1) is 0 Å². The summed E-state index contributed by atoms with van der Waals surface area (Å²) in [5.74, 6) is -1.15. The fraction of sp³-hybridized carbons (Fsp3) is 0.471. The summed E-state index contributed by atoms with van der Waals surface area (Å²) in [6.07, 6.45) is 3.18. The topological polar surface area (TPSA) is 73.2 Å². The van der Waals surface area contributed by atoms with E-state index in [1.165, 1.54) is 11.0 Å². The van der Waals surface area contributed by atoms with E-state index in [4.69, 9.17) is 0 Å². The van der Waals surface area contributed by atoms with Crippen molar-refractivity contribution in [1.82, 2.24) is 5.32 Å². The second-order valence-corrected chi connectivity index (χ2v) is 6.16. The molecule has 0 spiro atoms. The van der Waals surface area contributed by atoms with Crippen molar-refractivity contribution in [2.75, 3.05) is 11.4 Å². The summed E-state index contributed by atoms with van der Waals surface area (Å²) in [6, 6.07) is 7.52. The standard InChI is InChI=1S/C17H18FN3O2/c18-12-5-1-2-6-14(12)21-10-7-13(15(21)22)20-16(23)17(11-19)8-3-4-9-17/h1-2,5-6,13H,3-4,7-10H2,(H,20,23). The maximum absolute atomic E-state index is 13.8. The van der Waals surface area contributed by atoms with Crippen LogP contribution >= 0.6 is 0 Å². The average Bonchev–Trinajstić information content (AvgIpc) is 3.17. The van der Waals surface area contributed by atoms with Crippen molar-refractivity contribution >= 4 is 17.5 Å². The third kappa shape index (κ3) is 2.67. The first-order chi connectivity index (χ1) is 11.1. The van der Waals surface area contributed by atoms with E-state index in [2.05, 4.69) is 11.4 Å². The van der Waals surface area contributed by atoms with Gasteiger partial charge in [0.1, 0.15) is 17.3 Å². The lowest BCUT2D eigenvalue weighted by molar-refractivity contribution is -0.131. The molecule has 1 N–H and O–H groups in total. The van der Waals surface area contributed by atoms with E-state index in [0.29, 0.717) is 25.8 Å². The van der Waals surface area contributed by atoms with Gasteiger partial charge in [-0.25, -0.2) is 4.39 Å². The van der Waals surface area contributed by atoms with Crippen LogP contribution in [-0.4, -0.2) is 24.4 Å². The molecule has 1 aliphatic carbocycles. The number of carbonyl (C=O) groups excluding carboxylic acids is 2. The normalized spacial score (nSPS) is 22.9. The number of nitrogens with zero attached hydrogens (tertiary/aromatic N) is 2. The molecule has 23 heavy (non-hydrogen) atoms. The van der Waals surface area contributed by atoms with Crippen LogP contribution in [0.2, 0.25) is 0 Å². The lowest BCUT2D eigenvalue weighted by Crippen LogP contribution is -2.47. The number of halogens is 1.